The number of hydrogen-bond acceptors (Lipinski definition) is 3. The molecule has 0 radical (unpaired) electrons. The number of piperidine rings is 1. The Balaban J connectivity index is 0.00000133. The Labute approximate surface area is 121 Å². The molecule has 19 heavy (non-hydrogen) atoms. The predicted octanol–water partition coefficient (Wildman–Crippen LogP) is 2.76. The molecule has 1 aromatic rings. The van der Waals surface area contributed by atoms with Gasteiger partial charge in [0.15, 0.2) is 11.5 Å². The number of rotatable bonds is 2. The largest absolute Gasteiger partial charge is 0.493 e. The number of halogens is 1. The lowest BCUT2D eigenvalue weighted by atomic mass is 9.72. The molecular weight excluding hydrogens is 262 g/mol. The summed E-state index contributed by atoms with van der Waals surface area (Å²) >= 11 is 0. The van der Waals surface area contributed by atoms with Crippen molar-refractivity contribution >= 4 is 12.4 Å². The average molecular weight is 284 g/mol. The summed E-state index contributed by atoms with van der Waals surface area (Å²) < 4.78 is 11.0. The number of hydrogen-bond donors (Lipinski definition) is 1. The van der Waals surface area contributed by atoms with Crippen molar-refractivity contribution in [2.75, 3.05) is 27.3 Å². The van der Waals surface area contributed by atoms with Gasteiger partial charge in [-0.05, 0) is 49.3 Å². The molecule has 1 aliphatic heterocycles. The van der Waals surface area contributed by atoms with Crippen LogP contribution in [0.4, 0.5) is 0 Å². The topological polar surface area (TPSA) is 30.5 Å². The van der Waals surface area contributed by atoms with E-state index in [0.29, 0.717) is 5.92 Å². The van der Waals surface area contributed by atoms with E-state index < -0.39 is 0 Å². The van der Waals surface area contributed by atoms with Crippen molar-refractivity contribution < 1.29 is 9.47 Å². The van der Waals surface area contributed by atoms with Gasteiger partial charge in [-0.15, -0.1) is 12.4 Å². The Hall–Kier alpha value is -0.930. The van der Waals surface area contributed by atoms with Crippen LogP contribution in [0.5, 0.6) is 11.5 Å². The Morgan fingerprint density at radius 2 is 2.00 bits per heavy atom. The Bertz CT molecular complexity index is 450. The molecule has 0 amide bonds. The van der Waals surface area contributed by atoms with Gasteiger partial charge in [-0.3, -0.25) is 0 Å². The third kappa shape index (κ3) is 2.41. The van der Waals surface area contributed by atoms with Gasteiger partial charge in [0.1, 0.15) is 0 Å². The van der Waals surface area contributed by atoms with E-state index >= 15 is 0 Å². The van der Waals surface area contributed by atoms with Crippen LogP contribution in [-0.2, 0) is 6.42 Å². The third-order valence-corrected chi connectivity index (χ3v) is 4.47. The lowest BCUT2D eigenvalue weighted by Crippen LogP contribution is -2.37. The molecule has 2 aliphatic rings. The van der Waals surface area contributed by atoms with E-state index in [2.05, 4.69) is 17.4 Å². The summed E-state index contributed by atoms with van der Waals surface area (Å²) in [6, 6.07) is 4.29. The zero-order chi connectivity index (χ0) is 12.5. The lowest BCUT2D eigenvalue weighted by Gasteiger charge is -2.38. The van der Waals surface area contributed by atoms with Crippen LogP contribution < -0.4 is 14.8 Å². The van der Waals surface area contributed by atoms with Crippen molar-refractivity contribution in [3.63, 3.8) is 0 Å². The fraction of sp³-hybridized carbons (Fsp3) is 0.600. The maximum Gasteiger partial charge on any atom is 0.164 e. The standard InChI is InChI=1S/C15H21NO2.ClH/c1-17-14-6-5-11-12(15(14)18-2)4-3-10-7-8-16-9-13(10)11;/h5-6,10,13,16H,3-4,7-9H2,1-2H3;1H/t10-,13+;/m1./s1. The molecule has 1 saturated heterocycles. The number of methoxy groups -OCH3 is 2. The van der Waals surface area contributed by atoms with E-state index in [4.69, 9.17) is 9.47 Å². The van der Waals surface area contributed by atoms with Crippen LogP contribution in [0.15, 0.2) is 12.1 Å². The van der Waals surface area contributed by atoms with E-state index in [1.54, 1.807) is 14.2 Å². The quantitative estimate of drug-likeness (QED) is 0.905. The van der Waals surface area contributed by atoms with Gasteiger partial charge in [-0.25, -0.2) is 0 Å². The lowest BCUT2D eigenvalue weighted by molar-refractivity contribution is 0.283. The highest BCUT2D eigenvalue weighted by Gasteiger charge is 2.33. The fourth-order valence-corrected chi connectivity index (χ4v) is 3.56. The van der Waals surface area contributed by atoms with Crippen LogP contribution >= 0.6 is 12.4 Å². The van der Waals surface area contributed by atoms with E-state index in [9.17, 15) is 0 Å². The van der Waals surface area contributed by atoms with Gasteiger partial charge < -0.3 is 14.8 Å². The smallest absolute Gasteiger partial charge is 0.164 e. The van der Waals surface area contributed by atoms with Crippen LogP contribution in [0.1, 0.15) is 29.9 Å². The Morgan fingerprint density at radius 1 is 1.16 bits per heavy atom. The first kappa shape index (κ1) is 14.5. The molecule has 0 saturated carbocycles. The minimum Gasteiger partial charge on any atom is -0.493 e. The molecule has 4 heteroatoms. The van der Waals surface area contributed by atoms with Crippen molar-refractivity contribution in [3.05, 3.63) is 23.3 Å². The molecule has 1 aromatic carbocycles. The predicted molar refractivity (Wildman–Crippen MR) is 78.8 cm³/mol. The molecule has 1 heterocycles. The van der Waals surface area contributed by atoms with Gasteiger partial charge >= 0.3 is 0 Å². The van der Waals surface area contributed by atoms with Crippen LogP contribution in [0.2, 0.25) is 0 Å². The summed E-state index contributed by atoms with van der Waals surface area (Å²) in [4.78, 5) is 0. The van der Waals surface area contributed by atoms with Gasteiger partial charge in [-0.1, -0.05) is 6.07 Å². The van der Waals surface area contributed by atoms with Crippen LogP contribution in [0.3, 0.4) is 0 Å². The number of nitrogens with one attached hydrogen (secondary N) is 1. The zero-order valence-electron chi connectivity index (χ0n) is 11.6. The SMILES string of the molecule is COc1ccc2c(c1OC)CC[C@@H]1CCNC[C@H]21.Cl. The first-order valence-electron chi connectivity index (χ1n) is 6.79. The minimum atomic E-state index is 0. The first-order valence-corrected chi connectivity index (χ1v) is 6.79. The third-order valence-electron chi connectivity index (χ3n) is 4.47. The second-order valence-corrected chi connectivity index (χ2v) is 5.27. The molecule has 0 spiro atoms. The number of benzene rings is 1. The van der Waals surface area contributed by atoms with Gasteiger partial charge in [0, 0.05) is 12.1 Å². The molecular formula is C15H22ClNO2. The number of ether oxygens (including phenoxy) is 2. The van der Waals surface area contributed by atoms with Crippen molar-refractivity contribution in [1.29, 1.82) is 0 Å². The van der Waals surface area contributed by atoms with E-state index in [1.165, 1.54) is 30.5 Å². The van der Waals surface area contributed by atoms with Crippen LogP contribution in [-0.4, -0.2) is 27.3 Å². The highest BCUT2D eigenvalue weighted by atomic mass is 35.5. The molecule has 0 unspecified atom stereocenters. The molecule has 3 rings (SSSR count). The molecule has 3 nitrogen and oxygen atoms in total. The van der Waals surface area contributed by atoms with Gasteiger partial charge in [0.2, 0.25) is 0 Å². The van der Waals surface area contributed by atoms with Gasteiger partial charge in [0.25, 0.3) is 0 Å². The zero-order valence-corrected chi connectivity index (χ0v) is 12.4. The summed E-state index contributed by atoms with van der Waals surface area (Å²) in [5, 5.41) is 3.52. The minimum absolute atomic E-state index is 0. The Morgan fingerprint density at radius 3 is 2.74 bits per heavy atom. The monoisotopic (exact) mass is 283 g/mol. The molecule has 1 fully saturated rings. The average Bonchev–Trinajstić information content (AvgIpc) is 2.45. The summed E-state index contributed by atoms with van der Waals surface area (Å²) in [6.07, 6.45) is 3.71. The van der Waals surface area contributed by atoms with Crippen molar-refractivity contribution in [3.8, 4) is 11.5 Å². The van der Waals surface area contributed by atoms with E-state index in [1.807, 2.05) is 0 Å². The maximum atomic E-state index is 5.57. The van der Waals surface area contributed by atoms with Crippen molar-refractivity contribution in [1.82, 2.24) is 5.32 Å². The summed E-state index contributed by atoms with van der Waals surface area (Å²) in [6.45, 7) is 2.27. The highest BCUT2D eigenvalue weighted by Crippen LogP contribution is 2.45. The van der Waals surface area contributed by atoms with Crippen LogP contribution in [0, 0.1) is 5.92 Å². The first-order chi connectivity index (χ1) is 8.85. The summed E-state index contributed by atoms with van der Waals surface area (Å²) in [5.41, 5.74) is 2.83. The summed E-state index contributed by atoms with van der Waals surface area (Å²) in [5.74, 6) is 3.30. The normalized spacial score (nSPS) is 24.7. The second kappa shape index (κ2) is 6.02. The maximum absolute atomic E-state index is 5.57. The highest BCUT2D eigenvalue weighted by molar-refractivity contribution is 5.85. The van der Waals surface area contributed by atoms with Crippen LogP contribution in [0.25, 0.3) is 0 Å². The van der Waals surface area contributed by atoms with E-state index in [-0.39, 0.29) is 12.4 Å². The molecule has 106 valence electrons. The molecule has 0 aromatic heterocycles. The molecule has 1 N–H and O–H groups in total. The fourth-order valence-electron chi connectivity index (χ4n) is 3.56. The van der Waals surface area contributed by atoms with Crippen molar-refractivity contribution in [2.45, 2.75) is 25.2 Å². The molecule has 0 bridgehead atoms. The van der Waals surface area contributed by atoms with Gasteiger partial charge in [0.05, 0.1) is 14.2 Å². The second-order valence-electron chi connectivity index (χ2n) is 5.27. The van der Waals surface area contributed by atoms with E-state index in [0.717, 1.165) is 30.4 Å². The van der Waals surface area contributed by atoms with Gasteiger partial charge in [-0.2, -0.15) is 0 Å². The van der Waals surface area contributed by atoms with Crippen molar-refractivity contribution in [2.24, 2.45) is 5.92 Å². The molecule has 2 atom stereocenters. The summed E-state index contributed by atoms with van der Waals surface area (Å²) in [7, 11) is 3.45. The Kier molecular flexibility index (Phi) is 4.58. The number of fused-ring (bicyclic) bond motifs is 3. The molecule has 1 aliphatic carbocycles.